The average Bonchev–Trinajstić information content (AvgIpc) is 2.34. The third-order valence-corrected chi connectivity index (χ3v) is 0.632. The lowest BCUT2D eigenvalue weighted by molar-refractivity contribution is -0.742. The van der Waals surface area contributed by atoms with E-state index in [1.165, 1.54) is 0 Å². The Morgan fingerprint density at radius 1 is 1.75 bits per heavy atom. The van der Waals surface area contributed by atoms with E-state index in [1.54, 1.807) is 0 Å². The summed E-state index contributed by atoms with van der Waals surface area (Å²) >= 11 is 0. The minimum Gasteiger partial charge on any atom is -0.368 e. The van der Waals surface area contributed by atoms with Gasteiger partial charge < -0.3 is 10.9 Å². The predicted molar refractivity (Wildman–Crippen MR) is 37.4 cm³/mol. The van der Waals surface area contributed by atoms with E-state index in [2.05, 4.69) is 20.6 Å². The van der Waals surface area contributed by atoms with Crippen LogP contribution in [-0.2, 0) is 0 Å². The van der Waals surface area contributed by atoms with Crippen molar-refractivity contribution in [1.29, 1.82) is 0 Å². The van der Waals surface area contributed by atoms with Crippen molar-refractivity contribution in [3.8, 4) is 0 Å². The Kier molecular flexibility index (Phi) is 3.86. The van der Waals surface area contributed by atoms with Gasteiger partial charge in [-0.15, -0.1) is 15.2 Å². The Bertz CT molecular complexity index is 241. The van der Waals surface area contributed by atoms with Crippen LogP contribution in [0.2, 0.25) is 0 Å². The summed E-state index contributed by atoms with van der Waals surface area (Å²) in [6, 6.07) is 0. The fraction of sp³-hybridized carbons (Fsp3) is 0. The molecule has 7 N–H and O–H groups in total. The normalized spacial score (nSPS) is 8.08. The first-order valence-corrected chi connectivity index (χ1v) is 2.54. The molecule has 0 spiro atoms. The molecule has 68 valence electrons. The Morgan fingerprint density at radius 3 is 2.42 bits per heavy atom. The lowest BCUT2D eigenvalue weighted by Gasteiger charge is -1.82. The third-order valence-electron chi connectivity index (χ3n) is 0.632. The molecular formula is C2H7N7O3. The Morgan fingerprint density at radius 2 is 2.25 bits per heavy atom. The van der Waals surface area contributed by atoms with Gasteiger partial charge in [-0.1, -0.05) is 0 Å². The standard InChI is InChI=1S/C2H6N6.HNO3/c3-1-5-2(6-4)8-7-1;2-1(3)4/h4H2,(H4,3,5,6,7,8);(H,2,3,4). The summed E-state index contributed by atoms with van der Waals surface area (Å²) in [5.74, 6) is 5.45. The quantitative estimate of drug-likeness (QED) is 0.192. The van der Waals surface area contributed by atoms with Gasteiger partial charge >= 0.3 is 0 Å². The van der Waals surface area contributed by atoms with Gasteiger partial charge in [0.05, 0.1) is 0 Å². The van der Waals surface area contributed by atoms with Crippen LogP contribution < -0.4 is 17.0 Å². The number of aromatic amines is 1. The molecule has 0 saturated heterocycles. The first kappa shape index (κ1) is 9.90. The van der Waals surface area contributed by atoms with Gasteiger partial charge in [0.15, 0.2) is 0 Å². The number of nitrogens with zero attached hydrogens (tertiary/aromatic N) is 3. The second kappa shape index (κ2) is 4.68. The molecule has 0 bridgehead atoms. The molecule has 0 atom stereocenters. The zero-order valence-corrected chi connectivity index (χ0v) is 5.76. The number of nitrogen functional groups attached to an aromatic ring is 2. The number of aromatic nitrogens is 3. The van der Waals surface area contributed by atoms with Gasteiger partial charge in [0.1, 0.15) is 0 Å². The van der Waals surface area contributed by atoms with E-state index in [9.17, 15) is 0 Å². The van der Waals surface area contributed by atoms with E-state index in [0.717, 1.165) is 0 Å². The topological polar surface area (TPSA) is 169 Å². The molecule has 0 aromatic carbocycles. The molecule has 12 heavy (non-hydrogen) atoms. The summed E-state index contributed by atoms with van der Waals surface area (Å²) in [6.07, 6.45) is 0. The Balaban J connectivity index is 0.000000261. The van der Waals surface area contributed by atoms with E-state index in [1.807, 2.05) is 0 Å². The molecule has 0 saturated carbocycles. The number of hydrogen-bond acceptors (Lipinski definition) is 7. The summed E-state index contributed by atoms with van der Waals surface area (Å²) in [5.41, 5.74) is 7.34. The van der Waals surface area contributed by atoms with E-state index in [0.29, 0.717) is 5.95 Å². The minimum atomic E-state index is -1.50. The van der Waals surface area contributed by atoms with Crippen molar-refractivity contribution >= 4 is 11.9 Å². The van der Waals surface area contributed by atoms with Gasteiger partial charge in [-0.05, 0) is 0 Å². The summed E-state index contributed by atoms with van der Waals surface area (Å²) in [6.45, 7) is 0. The van der Waals surface area contributed by atoms with Crippen LogP contribution in [0.1, 0.15) is 0 Å². The van der Waals surface area contributed by atoms with E-state index in [-0.39, 0.29) is 5.95 Å². The van der Waals surface area contributed by atoms with E-state index < -0.39 is 5.09 Å². The average molecular weight is 177 g/mol. The van der Waals surface area contributed by atoms with Gasteiger partial charge in [-0.25, -0.2) is 10.9 Å². The van der Waals surface area contributed by atoms with Crippen LogP contribution >= 0.6 is 0 Å². The molecule has 1 aromatic rings. The monoisotopic (exact) mass is 177 g/mol. The highest BCUT2D eigenvalue weighted by Crippen LogP contribution is 1.93. The summed E-state index contributed by atoms with van der Waals surface area (Å²) in [4.78, 5) is 12.0. The molecular weight excluding hydrogens is 170 g/mol. The summed E-state index contributed by atoms with van der Waals surface area (Å²) in [5, 5.41) is 19.6. The maximum Gasteiger partial charge on any atom is 0.291 e. The van der Waals surface area contributed by atoms with Crippen LogP contribution in [-0.4, -0.2) is 25.5 Å². The van der Waals surface area contributed by atoms with Crippen LogP contribution in [0.4, 0.5) is 11.9 Å². The van der Waals surface area contributed by atoms with E-state index >= 15 is 0 Å². The Hall–Kier alpha value is -2.10. The molecule has 0 unspecified atom stereocenters. The van der Waals surface area contributed by atoms with Gasteiger partial charge in [0.2, 0.25) is 5.95 Å². The zero-order valence-electron chi connectivity index (χ0n) is 5.76. The second-order valence-electron chi connectivity index (χ2n) is 1.43. The van der Waals surface area contributed by atoms with Crippen molar-refractivity contribution in [3.05, 3.63) is 10.1 Å². The third kappa shape index (κ3) is 4.75. The molecule has 1 heterocycles. The Labute approximate surface area is 65.7 Å². The highest BCUT2D eigenvalue weighted by Gasteiger charge is 1.92. The highest BCUT2D eigenvalue weighted by molar-refractivity contribution is 5.27. The van der Waals surface area contributed by atoms with Crippen molar-refractivity contribution < 1.29 is 10.3 Å². The zero-order chi connectivity index (χ0) is 9.56. The maximum atomic E-state index is 8.36. The van der Waals surface area contributed by atoms with Crippen LogP contribution in [0.15, 0.2) is 0 Å². The molecule has 1 aromatic heterocycles. The number of rotatable bonds is 1. The van der Waals surface area contributed by atoms with Crippen molar-refractivity contribution in [2.75, 3.05) is 11.2 Å². The second-order valence-corrected chi connectivity index (χ2v) is 1.43. The fourth-order valence-electron chi connectivity index (χ4n) is 0.339. The van der Waals surface area contributed by atoms with Gasteiger partial charge in [0.25, 0.3) is 11.0 Å². The number of hydrogen-bond donors (Lipinski definition) is 5. The smallest absolute Gasteiger partial charge is 0.291 e. The molecule has 0 fully saturated rings. The van der Waals surface area contributed by atoms with Crippen molar-refractivity contribution in [2.45, 2.75) is 0 Å². The number of H-pyrrole nitrogens is 1. The van der Waals surface area contributed by atoms with Gasteiger partial charge in [0, 0.05) is 0 Å². The first-order chi connectivity index (χ1) is 5.56. The number of anilines is 2. The molecule has 1 rings (SSSR count). The van der Waals surface area contributed by atoms with Gasteiger partial charge in [-0.2, -0.15) is 4.98 Å². The molecule has 0 aliphatic heterocycles. The largest absolute Gasteiger partial charge is 0.368 e. The SMILES string of the molecule is NNc1n[nH]c(N)n1.O=[N+]([O-])O. The van der Waals surface area contributed by atoms with Crippen molar-refractivity contribution in [1.82, 2.24) is 15.2 Å². The predicted octanol–water partition coefficient (Wildman–Crippen LogP) is -1.68. The van der Waals surface area contributed by atoms with Crippen molar-refractivity contribution in [3.63, 3.8) is 0 Å². The van der Waals surface area contributed by atoms with Crippen LogP contribution in [0.25, 0.3) is 0 Å². The van der Waals surface area contributed by atoms with E-state index in [4.69, 9.17) is 26.9 Å². The number of nitrogens with two attached hydrogens (primary N) is 2. The van der Waals surface area contributed by atoms with Crippen molar-refractivity contribution in [2.24, 2.45) is 5.84 Å². The summed E-state index contributed by atoms with van der Waals surface area (Å²) < 4.78 is 0. The van der Waals surface area contributed by atoms with Gasteiger partial charge in [-0.3, -0.25) is 5.43 Å². The number of hydrazine groups is 1. The van der Waals surface area contributed by atoms with Crippen LogP contribution in [0, 0.1) is 10.1 Å². The molecule has 10 heteroatoms. The maximum absolute atomic E-state index is 8.36. The first-order valence-electron chi connectivity index (χ1n) is 2.54. The van der Waals surface area contributed by atoms with Crippen LogP contribution in [0.5, 0.6) is 0 Å². The molecule has 0 amide bonds. The summed E-state index contributed by atoms with van der Waals surface area (Å²) in [7, 11) is 0. The lowest BCUT2D eigenvalue weighted by atomic mass is 11.0. The lowest BCUT2D eigenvalue weighted by Crippen LogP contribution is -2.08. The molecule has 10 nitrogen and oxygen atoms in total. The molecule has 0 radical (unpaired) electrons. The molecule has 0 aliphatic rings. The molecule has 0 aliphatic carbocycles. The fourth-order valence-corrected chi connectivity index (χ4v) is 0.339. The number of nitrogens with one attached hydrogen (secondary N) is 2. The van der Waals surface area contributed by atoms with Crippen LogP contribution in [0.3, 0.4) is 0 Å². The highest BCUT2D eigenvalue weighted by atomic mass is 16.9. The minimum absolute atomic E-state index is 0.248.